The zero-order valence-corrected chi connectivity index (χ0v) is 8.20. The van der Waals surface area contributed by atoms with Gasteiger partial charge in [0.1, 0.15) is 23.9 Å². The Morgan fingerprint density at radius 1 is 1.47 bits per heavy atom. The van der Waals surface area contributed by atoms with Crippen molar-refractivity contribution in [2.24, 2.45) is 4.99 Å². The summed E-state index contributed by atoms with van der Waals surface area (Å²) >= 11 is 0. The van der Waals surface area contributed by atoms with E-state index < -0.39 is 5.82 Å². The fourth-order valence-corrected chi connectivity index (χ4v) is 0.984. The molecular formula is C10H10FNO3. The predicted molar refractivity (Wildman–Crippen MR) is 51.6 cm³/mol. The van der Waals surface area contributed by atoms with Crippen LogP contribution < -0.4 is 4.74 Å². The number of methoxy groups -OCH3 is 1. The molecule has 0 aromatic heterocycles. The van der Waals surface area contributed by atoms with Crippen LogP contribution in [0.4, 0.5) is 10.1 Å². The molecule has 0 saturated heterocycles. The summed E-state index contributed by atoms with van der Waals surface area (Å²) in [7, 11) is 1.54. The summed E-state index contributed by atoms with van der Waals surface area (Å²) < 4.78 is 22.8. The van der Waals surface area contributed by atoms with Crippen LogP contribution in [0.25, 0.3) is 0 Å². The molecule has 15 heavy (non-hydrogen) atoms. The number of halogens is 1. The van der Waals surface area contributed by atoms with Crippen molar-refractivity contribution >= 4 is 11.8 Å². The average molecular weight is 211 g/mol. The van der Waals surface area contributed by atoms with Gasteiger partial charge in [0, 0.05) is 13.2 Å². The third-order valence-corrected chi connectivity index (χ3v) is 1.63. The second-order valence-electron chi connectivity index (χ2n) is 2.66. The molecule has 0 atom stereocenters. The Kier molecular flexibility index (Phi) is 4.47. The maximum Gasteiger partial charge on any atom is 0.240 e. The quantitative estimate of drug-likeness (QED) is 0.424. The Morgan fingerprint density at radius 3 is 2.93 bits per heavy atom. The van der Waals surface area contributed by atoms with Crippen molar-refractivity contribution in [1.82, 2.24) is 0 Å². The second kappa shape index (κ2) is 5.90. The van der Waals surface area contributed by atoms with Crippen LogP contribution in [0, 0.1) is 5.82 Å². The van der Waals surface area contributed by atoms with Gasteiger partial charge in [-0.15, -0.1) is 0 Å². The zero-order valence-electron chi connectivity index (χ0n) is 8.20. The summed E-state index contributed by atoms with van der Waals surface area (Å²) in [4.78, 5) is 13.4. The van der Waals surface area contributed by atoms with E-state index in [1.807, 2.05) is 0 Å². The number of hydrogen-bond donors (Lipinski definition) is 0. The van der Waals surface area contributed by atoms with Crippen molar-refractivity contribution in [2.45, 2.75) is 0 Å². The van der Waals surface area contributed by atoms with Crippen molar-refractivity contribution in [3.05, 3.63) is 24.0 Å². The largest absolute Gasteiger partial charge is 0.489 e. The van der Waals surface area contributed by atoms with Crippen LogP contribution in [0.5, 0.6) is 5.75 Å². The number of aliphatic imine (C=N–C) groups is 1. The van der Waals surface area contributed by atoms with E-state index in [4.69, 9.17) is 9.47 Å². The Morgan fingerprint density at radius 2 is 2.27 bits per heavy atom. The highest BCUT2D eigenvalue weighted by molar-refractivity contribution is 5.57. The number of carbonyl (C=O) groups excluding carboxylic acids is 1. The highest BCUT2D eigenvalue weighted by Crippen LogP contribution is 2.27. The summed E-state index contributed by atoms with van der Waals surface area (Å²) in [6.45, 7) is 0.713. The highest BCUT2D eigenvalue weighted by Gasteiger charge is 2.04. The van der Waals surface area contributed by atoms with E-state index in [0.29, 0.717) is 19.0 Å². The van der Waals surface area contributed by atoms with E-state index in [0.717, 1.165) is 6.07 Å². The number of benzene rings is 1. The average Bonchev–Trinajstić information content (AvgIpc) is 2.22. The highest BCUT2D eigenvalue weighted by atomic mass is 19.1. The molecule has 0 saturated carbocycles. The topological polar surface area (TPSA) is 47.9 Å². The first-order chi connectivity index (χ1) is 7.27. The van der Waals surface area contributed by atoms with Gasteiger partial charge in [0.15, 0.2) is 0 Å². The van der Waals surface area contributed by atoms with E-state index in [-0.39, 0.29) is 5.69 Å². The van der Waals surface area contributed by atoms with Gasteiger partial charge in [0.05, 0.1) is 6.61 Å². The molecule has 0 aliphatic carbocycles. The lowest BCUT2D eigenvalue weighted by molar-refractivity contribution is 0.146. The van der Waals surface area contributed by atoms with Crippen molar-refractivity contribution in [2.75, 3.05) is 20.3 Å². The number of isocyanates is 1. The predicted octanol–water partition coefficient (Wildman–Crippen LogP) is 1.82. The molecule has 1 aromatic carbocycles. The number of ether oxygens (including phenoxy) is 2. The van der Waals surface area contributed by atoms with Crippen LogP contribution in [0.1, 0.15) is 0 Å². The molecule has 0 amide bonds. The van der Waals surface area contributed by atoms with Crippen molar-refractivity contribution < 1.29 is 18.7 Å². The van der Waals surface area contributed by atoms with E-state index in [2.05, 4.69) is 4.99 Å². The molecule has 0 heterocycles. The molecule has 5 heteroatoms. The molecule has 0 spiro atoms. The summed E-state index contributed by atoms with van der Waals surface area (Å²) in [6, 6.07) is 3.74. The minimum absolute atomic E-state index is 0.126. The fraction of sp³-hybridized carbons (Fsp3) is 0.300. The lowest BCUT2D eigenvalue weighted by Crippen LogP contribution is -2.04. The van der Waals surface area contributed by atoms with Crippen molar-refractivity contribution in [1.29, 1.82) is 0 Å². The van der Waals surface area contributed by atoms with Crippen molar-refractivity contribution in [3.63, 3.8) is 0 Å². The summed E-state index contributed by atoms with van der Waals surface area (Å²) in [6.07, 6.45) is 1.34. The van der Waals surface area contributed by atoms with Gasteiger partial charge in [0.25, 0.3) is 0 Å². The molecule has 1 rings (SSSR count). The second-order valence-corrected chi connectivity index (χ2v) is 2.66. The number of hydrogen-bond acceptors (Lipinski definition) is 4. The van der Waals surface area contributed by atoms with Gasteiger partial charge in [-0.1, -0.05) is 0 Å². The van der Waals surface area contributed by atoms with E-state index in [1.165, 1.54) is 18.2 Å². The van der Waals surface area contributed by atoms with Crippen LogP contribution in [0.2, 0.25) is 0 Å². The van der Waals surface area contributed by atoms with Gasteiger partial charge < -0.3 is 9.47 Å². The van der Waals surface area contributed by atoms with Crippen molar-refractivity contribution in [3.8, 4) is 5.75 Å². The summed E-state index contributed by atoms with van der Waals surface area (Å²) in [5.74, 6) is -0.153. The zero-order chi connectivity index (χ0) is 11.1. The van der Waals surface area contributed by atoms with Crippen LogP contribution >= 0.6 is 0 Å². The van der Waals surface area contributed by atoms with E-state index in [9.17, 15) is 9.18 Å². The van der Waals surface area contributed by atoms with Crippen LogP contribution in [-0.2, 0) is 9.53 Å². The van der Waals surface area contributed by atoms with Crippen LogP contribution in [-0.4, -0.2) is 26.4 Å². The minimum Gasteiger partial charge on any atom is -0.489 e. The maximum absolute atomic E-state index is 12.8. The molecule has 0 bridgehead atoms. The molecule has 0 fully saturated rings. The van der Waals surface area contributed by atoms with E-state index >= 15 is 0 Å². The SMILES string of the molecule is COCCOc1ccc(F)cc1N=C=O. The van der Waals surface area contributed by atoms with Gasteiger partial charge in [-0.05, 0) is 12.1 Å². The van der Waals surface area contributed by atoms with Crippen LogP contribution in [0.3, 0.4) is 0 Å². The molecule has 1 aromatic rings. The smallest absolute Gasteiger partial charge is 0.240 e. The molecule has 80 valence electrons. The number of rotatable bonds is 5. The van der Waals surface area contributed by atoms with Crippen LogP contribution in [0.15, 0.2) is 23.2 Å². The first-order valence-electron chi connectivity index (χ1n) is 4.27. The normalized spacial score (nSPS) is 9.47. The lowest BCUT2D eigenvalue weighted by atomic mass is 10.3. The monoisotopic (exact) mass is 211 g/mol. The number of nitrogens with zero attached hydrogens (tertiary/aromatic N) is 1. The Hall–Kier alpha value is -1.71. The Labute approximate surface area is 86.3 Å². The molecule has 0 aliphatic heterocycles. The molecule has 0 N–H and O–H groups in total. The summed E-state index contributed by atoms with van der Waals surface area (Å²) in [5, 5.41) is 0. The standard InChI is InChI=1S/C10H10FNO3/c1-14-4-5-15-10-3-2-8(11)6-9(10)12-7-13/h2-3,6H,4-5H2,1H3. The first kappa shape index (κ1) is 11.4. The fourth-order valence-electron chi connectivity index (χ4n) is 0.984. The minimum atomic E-state index is -0.483. The molecule has 0 radical (unpaired) electrons. The van der Waals surface area contributed by atoms with Gasteiger partial charge in [-0.25, -0.2) is 9.18 Å². The lowest BCUT2D eigenvalue weighted by Gasteiger charge is -2.07. The van der Waals surface area contributed by atoms with Gasteiger partial charge in [0.2, 0.25) is 6.08 Å². The third-order valence-electron chi connectivity index (χ3n) is 1.63. The molecule has 0 unspecified atom stereocenters. The Balaban J connectivity index is 2.81. The maximum atomic E-state index is 12.8. The molecule has 0 aliphatic rings. The molecular weight excluding hydrogens is 201 g/mol. The molecule has 4 nitrogen and oxygen atoms in total. The Bertz CT molecular complexity index is 375. The van der Waals surface area contributed by atoms with Gasteiger partial charge in [-0.2, -0.15) is 4.99 Å². The summed E-state index contributed by atoms with van der Waals surface area (Å²) in [5.41, 5.74) is 0.126. The third kappa shape index (κ3) is 3.50. The van der Waals surface area contributed by atoms with E-state index in [1.54, 1.807) is 7.11 Å². The van der Waals surface area contributed by atoms with Gasteiger partial charge in [-0.3, -0.25) is 0 Å². The first-order valence-corrected chi connectivity index (χ1v) is 4.27. The van der Waals surface area contributed by atoms with Gasteiger partial charge >= 0.3 is 0 Å².